The van der Waals surface area contributed by atoms with E-state index < -0.39 is 22.8 Å². The summed E-state index contributed by atoms with van der Waals surface area (Å²) < 4.78 is 0. The standard InChI is InChI=1S/C25H36N4O4/c1-24(2,3)25(23(32)33,19-11-14-28(16-30)15-12-19)20-6-4-5-13-29(20)22(31)18-9-7-17(8-10-18)21(26)27/h7-10,16,19-20H,4-6,11-15H2,1-3H3,(H3,26,27)(H,32,33). The molecule has 33 heavy (non-hydrogen) atoms. The summed E-state index contributed by atoms with van der Waals surface area (Å²) >= 11 is 0. The lowest BCUT2D eigenvalue weighted by molar-refractivity contribution is -0.176. The van der Waals surface area contributed by atoms with Gasteiger partial charge in [0.2, 0.25) is 6.41 Å². The van der Waals surface area contributed by atoms with Crippen molar-refractivity contribution >= 4 is 24.1 Å². The monoisotopic (exact) mass is 456 g/mol. The number of amides is 2. The van der Waals surface area contributed by atoms with Crippen molar-refractivity contribution in [3.8, 4) is 0 Å². The van der Waals surface area contributed by atoms with Gasteiger partial charge in [0, 0.05) is 36.8 Å². The maximum atomic E-state index is 13.7. The second-order valence-corrected chi connectivity index (χ2v) is 10.3. The van der Waals surface area contributed by atoms with Crippen LogP contribution in [-0.2, 0) is 9.59 Å². The first-order chi connectivity index (χ1) is 15.5. The topological polar surface area (TPSA) is 128 Å². The second kappa shape index (κ2) is 9.53. The van der Waals surface area contributed by atoms with Gasteiger partial charge in [-0.05, 0) is 55.6 Å². The van der Waals surface area contributed by atoms with Crippen LogP contribution in [-0.4, -0.2) is 64.7 Å². The summed E-state index contributed by atoms with van der Waals surface area (Å²) in [6.07, 6.45) is 4.38. The van der Waals surface area contributed by atoms with E-state index in [4.69, 9.17) is 11.1 Å². The molecule has 8 heteroatoms. The van der Waals surface area contributed by atoms with Crippen molar-refractivity contribution in [1.29, 1.82) is 5.41 Å². The number of likely N-dealkylation sites (tertiary alicyclic amines) is 2. The molecule has 2 amide bonds. The van der Waals surface area contributed by atoms with E-state index >= 15 is 0 Å². The third kappa shape index (κ3) is 4.48. The summed E-state index contributed by atoms with van der Waals surface area (Å²) in [6, 6.07) is 6.17. The van der Waals surface area contributed by atoms with Crippen LogP contribution in [0.1, 0.15) is 68.8 Å². The lowest BCUT2D eigenvalue weighted by Crippen LogP contribution is -2.65. The molecular formula is C25H36N4O4. The van der Waals surface area contributed by atoms with Gasteiger partial charge in [-0.15, -0.1) is 0 Å². The Balaban J connectivity index is 2.03. The van der Waals surface area contributed by atoms with Gasteiger partial charge in [-0.25, -0.2) is 0 Å². The van der Waals surface area contributed by atoms with Crippen LogP contribution >= 0.6 is 0 Å². The largest absolute Gasteiger partial charge is 0.481 e. The molecule has 0 bridgehead atoms. The number of carbonyl (C=O) groups is 3. The quantitative estimate of drug-likeness (QED) is 0.344. The average molecular weight is 457 g/mol. The van der Waals surface area contributed by atoms with Crippen LogP contribution in [0.2, 0.25) is 0 Å². The van der Waals surface area contributed by atoms with Crippen molar-refractivity contribution in [3.05, 3.63) is 35.4 Å². The summed E-state index contributed by atoms with van der Waals surface area (Å²) in [4.78, 5) is 41.6. The number of benzene rings is 1. The molecule has 2 heterocycles. The van der Waals surface area contributed by atoms with Gasteiger partial charge in [-0.2, -0.15) is 0 Å². The lowest BCUT2D eigenvalue weighted by atomic mass is 9.52. The van der Waals surface area contributed by atoms with E-state index in [2.05, 4.69) is 0 Å². The number of aliphatic carboxylic acids is 1. The summed E-state index contributed by atoms with van der Waals surface area (Å²) in [7, 11) is 0. The van der Waals surface area contributed by atoms with E-state index in [9.17, 15) is 19.5 Å². The first-order valence-electron chi connectivity index (χ1n) is 11.7. The van der Waals surface area contributed by atoms with Crippen molar-refractivity contribution in [3.63, 3.8) is 0 Å². The van der Waals surface area contributed by atoms with E-state index in [0.717, 1.165) is 19.3 Å². The van der Waals surface area contributed by atoms with Crippen LogP contribution in [0.25, 0.3) is 0 Å². The lowest BCUT2D eigenvalue weighted by Gasteiger charge is -2.56. The molecule has 0 spiro atoms. The van der Waals surface area contributed by atoms with Gasteiger partial charge in [-0.1, -0.05) is 32.9 Å². The van der Waals surface area contributed by atoms with E-state index in [1.54, 1.807) is 34.1 Å². The molecule has 2 aliphatic heterocycles. The molecule has 2 saturated heterocycles. The molecule has 2 unspecified atom stereocenters. The Labute approximate surface area is 195 Å². The number of carboxylic acid groups (broad SMARTS) is 1. The number of hydrogen-bond acceptors (Lipinski definition) is 4. The van der Waals surface area contributed by atoms with Crippen molar-refractivity contribution in [2.75, 3.05) is 19.6 Å². The van der Waals surface area contributed by atoms with Gasteiger partial charge in [0.1, 0.15) is 5.84 Å². The number of nitrogens with two attached hydrogens (primary N) is 1. The minimum absolute atomic E-state index is 0.0656. The zero-order valence-electron chi connectivity index (χ0n) is 19.8. The number of nitrogens with one attached hydrogen (secondary N) is 1. The molecule has 0 aliphatic carbocycles. The molecule has 3 rings (SSSR count). The Morgan fingerprint density at radius 1 is 1.03 bits per heavy atom. The number of piperidine rings is 2. The van der Waals surface area contributed by atoms with Crippen LogP contribution in [0.3, 0.4) is 0 Å². The van der Waals surface area contributed by atoms with Gasteiger partial charge in [-0.3, -0.25) is 19.8 Å². The SMILES string of the molecule is CC(C)(C)C(C(=O)O)(C1CCN(C=O)CC1)C1CCCCN1C(=O)c1ccc(C(=N)N)cc1. The van der Waals surface area contributed by atoms with Gasteiger partial charge < -0.3 is 20.6 Å². The Bertz CT molecular complexity index is 900. The smallest absolute Gasteiger partial charge is 0.312 e. The molecule has 4 N–H and O–H groups in total. The molecule has 180 valence electrons. The third-order valence-corrected chi connectivity index (χ3v) is 7.65. The molecule has 0 radical (unpaired) electrons. The highest BCUT2D eigenvalue weighted by Gasteiger charge is 2.61. The van der Waals surface area contributed by atoms with Gasteiger partial charge in [0.25, 0.3) is 5.91 Å². The molecule has 8 nitrogen and oxygen atoms in total. The van der Waals surface area contributed by atoms with Crippen LogP contribution in [0, 0.1) is 22.2 Å². The molecule has 1 aromatic rings. The normalized spacial score (nSPS) is 21.8. The van der Waals surface area contributed by atoms with Crippen LogP contribution in [0.5, 0.6) is 0 Å². The average Bonchev–Trinajstić information content (AvgIpc) is 2.78. The molecule has 2 atom stereocenters. The number of carboxylic acids is 1. The van der Waals surface area contributed by atoms with Crippen LogP contribution in [0.15, 0.2) is 24.3 Å². The fourth-order valence-electron chi connectivity index (χ4n) is 6.09. The number of amidine groups is 1. The van der Waals surface area contributed by atoms with Gasteiger partial charge in [0.15, 0.2) is 0 Å². The zero-order chi connectivity index (χ0) is 24.4. The minimum atomic E-state index is -1.14. The number of carbonyl (C=O) groups excluding carboxylic acids is 2. The van der Waals surface area contributed by atoms with E-state index in [-0.39, 0.29) is 17.7 Å². The van der Waals surface area contributed by atoms with E-state index in [1.807, 2.05) is 20.8 Å². The summed E-state index contributed by atoms with van der Waals surface area (Å²) in [6.45, 7) is 7.47. The van der Waals surface area contributed by atoms with Gasteiger partial charge in [0.05, 0.1) is 5.41 Å². The fraction of sp³-hybridized carbons (Fsp3) is 0.600. The highest BCUT2D eigenvalue weighted by molar-refractivity contribution is 5.98. The second-order valence-electron chi connectivity index (χ2n) is 10.3. The first-order valence-corrected chi connectivity index (χ1v) is 11.7. The zero-order valence-corrected chi connectivity index (χ0v) is 19.8. The Morgan fingerprint density at radius 3 is 2.09 bits per heavy atom. The third-order valence-electron chi connectivity index (χ3n) is 7.65. The molecule has 2 aliphatic rings. The van der Waals surface area contributed by atoms with Crippen molar-refractivity contribution < 1.29 is 19.5 Å². The van der Waals surface area contributed by atoms with E-state index in [1.165, 1.54) is 0 Å². The Morgan fingerprint density at radius 2 is 1.61 bits per heavy atom. The maximum Gasteiger partial charge on any atom is 0.312 e. The highest BCUT2D eigenvalue weighted by Crippen LogP contribution is 2.54. The number of rotatable bonds is 6. The Hall–Kier alpha value is -2.90. The fourth-order valence-corrected chi connectivity index (χ4v) is 6.09. The first kappa shape index (κ1) is 24.7. The van der Waals surface area contributed by atoms with Crippen molar-refractivity contribution in [1.82, 2.24) is 9.80 Å². The minimum Gasteiger partial charge on any atom is -0.481 e. The number of nitrogens with zero attached hydrogens (tertiary/aromatic N) is 2. The summed E-state index contributed by atoms with van der Waals surface area (Å²) in [5.41, 5.74) is 4.80. The maximum absolute atomic E-state index is 13.7. The molecular weight excluding hydrogens is 420 g/mol. The summed E-state index contributed by atoms with van der Waals surface area (Å²) in [5.74, 6) is -1.26. The molecule has 0 aromatic heterocycles. The summed E-state index contributed by atoms with van der Waals surface area (Å²) in [5, 5.41) is 18.4. The predicted octanol–water partition coefficient (Wildman–Crippen LogP) is 2.95. The van der Waals surface area contributed by atoms with Gasteiger partial charge >= 0.3 is 5.97 Å². The number of nitrogen functional groups attached to an aromatic ring is 1. The van der Waals surface area contributed by atoms with Crippen LogP contribution in [0.4, 0.5) is 0 Å². The van der Waals surface area contributed by atoms with Crippen molar-refractivity contribution in [2.45, 2.75) is 58.9 Å². The van der Waals surface area contributed by atoms with Crippen molar-refractivity contribution in [2.24, 2.45) is 22.5 Å². The van der Waals surface area contributed by atoms with Crippen LogP contribution < -0.4 is 5.73 Å². The highest BCUT2D eigenvalue weighted by atomic mass is 16.4. The Kier molecular flexibility index (Phi) is 7.14. The predicted molar refractivity (Wildman–Crippen MR) is 126 cm³/mol. The molecule has 2 fully saturated rings. The number of hydrogen-bond donors (Lipinski definition) is 3. The molecule has 0 saturated carbocycles. The molecule has 1 aromatic carbocycles. The van der Waals surface area contributed by atoms with E-state index in [0.29, 0.717) is 50.0 Å².